The monoisotopic (exact) mass is 209 g/mol. The lowest BCUT2D eigenvalue weighted by atomic mass is 10.1. The van der Waals surface area contributed by atoms with E-state index < -0.39 is 6.61 Å². The van der Waals surface area contributed by atoms with Crippen LogP contribution in [0.1, 0.15) is 0 Å². The predicted molar refractivity (Wildman–Crippen MR) is 49.5 cm³/mol. The van der Waals surface area contributed by atoms with Crippen molar-refractivity contribution in [1.29, 1.82) is 0 Å². The van der Waals surface area contributed by atoms with Crippen LogP contribution in [0.25, 0.3) is 11.3 Å². The average Bonchev–Trinajstić information content (AvgIpc) is 2.70. The van der Waals surface area contributed by atoms with E-state index in [9.17, 15) is 8.78 Å². The van der Waals surface area contributed by atoms with Crippen LogP contribution in [0.5, 0.6) is 5.75 Å². The van der Waals surface area contributed by atoms with Crippen molar-refractivity contribution >= 4 is 0 Å². The van der Waals surface area contributed by atoms with Gasteiger partial charge in [0.15, 0.2) is 0 Å². The average molecular weight is 209 g/mol. The first kappa shape index (κ1) is 9.64. The number of ether oxygens (including phenoxy) is 1. The van der Waals surface area contributed by atoms with Crippen molar-refractivity contribution in [1.82, 2.24) is 10.2 Å². The Labute approximate surface area is 84.7 Å². The van der Waals surface area contributed by atoms with Crippen molar-refractivity contribution in [2.24, 2.45) is 0 Å². The molecule has 0 aliphatic carbocycles. The van der Waals surface area contributed by atoms with Crippen LogP contribution in [-0.4, -0.2) is 16.8 Å². The van der Waals surface area contributed by atoms with Gasteiger partial charge in [0.1, 0.15) is 11.9 Å². The van der Waals surface area contributed by atoms with Gasteiger partial charge in [-0.25, -0.2) is 0 Å². The summed E-state index contributed by atoms with van der Waals surface area (Å²) < 4.78 is 28.5. The zero-order valence-electron chi connectivity index (χ0n) is 7.58. The maximum Gasteiger partial charge on any atom is 0.387 e. The van der Waals surface area contributed by atoms with Crippen LogP contribution in [0.2, 0.25) is 0 Å². The summed E-state index contributed by atoms with van der Waals surface area (Å²) in [5, 5.41) is 6.26. The van der Waals surface area contributed by atoms with Gasteiger partial charge in [-0.15, -0.1) is 0 Å². The quantitative estimate of drug-likeness (QED) is 0.843. The van der Waals surface area contributed by atoms with Crippen LogP contribution in [-0.2, 0) is 0 Å². The Kier molecular flexibility index (Phi) is 2.62. The topological polar surface area (TPSA) is 37.9 Å². The summed E-state index contributed by atoms with van der Waals surface area (Å²) in [5.41, 5.74) is 1.12. The molecule has 0 unspecified atom stereocenters. The first-order valence-corrected chi connectivity index (χ1v) is 4.23. The molecule has 0 aliphatic rings. The molecule has 5 heteroatoms. The number of hydrogen-bond acceptors (Lipinski definition) is 2. The summed E-state index contributed by atoms with van der Waals surface area (Å²) in [6.45, 7) is -2.84. The molecule has 0 atom stereocenters. The van der Waals surface area contributed by atoms with E-state index in [0.717, 1.165) is 0 Å². The molecule has 1 aromatic heterocycles. The second kappa shape index (κ2) is 4.08. The van der Waals surface area contributed by atoms with Gasteiger partial charge in [0.25, 0.3) is 0 Å². The van der Waals surface area contributed by atoms with E-state index in [1.807, 2.05) is 0 Å². The summed E-state index contributed by atoms with van der Waals surface area (Å²) in [6, 6.07) is 8.06. The molecule has 0 saturated heterocycles. The van der Waals surface area contributed by atoms with Gasteiger partial charge in [-0.05, 0) is 18.2 Å². The van der Waals surface area contributed by atoms with Gasteiger partial charge in [-0.2, -0.15) is 13.9 Å². The molecule has 1 N–H and O–H groups in total. The van der Waals surface area contributed by atoms with Crippen LogP contribution >= 0.6 is 0 Å². The minimum atomic E-state index is -2.84. The zero-order valence-corrected chi connectivity index (χ0v) is 7.58. The Morgan fingerprint density at radius 1 is 1.33 bits per heavy atom. The summed E-state index contributed by atoms with van der Waals surface area (Å²) in [5.74, 6) is 0.116. The SMILES string of the molecule is FC(F)Oc1ccccc1-c1c[c]n[nH]1. The molecule has 15 heavy (non-hydrogen) atoms. The first-order chi connectivity index (χ1) is 7.27. The molecule has 0 aliphatic heterocycles. The highest BCUT2D eigenvalue weighted by molar-refractivity contribution is 5.66. The van der Waals surface area contributed by atoms with Gasteiger partial charge in [-0.3, -0.25) is 5.10 Å². The van der Waals surface area contributed by atoms with Crippen LogP contribution in [0, 0.1) is 6.20 Å². The van der Waals surface area contributed by atoms with Gasteiger partial charge < -0.3 is 4.74 Å². The summed E-state index contributed by atoms with van der Waals surface area (Å²) >= 11 is 0. The largest absolute Gasteiger partial charge is 0.434 e. The number of halogens is 2. The van der Waals surface area contributed by atoms with Crippen LogP contribution in [0.15, 0.2) is 30.3 Å². The first-order valence-electron chi connectivity index (χ1n) is 4.23. The Morgan fingerprint density at radius 3 is 2.80 bits per heavy atom. The third-order valence-electron chi connectivity index (χ3n) is 1.84. The van der Waals surface area contributed by atoms with E-state index in [2.05, 4.69) is 21.1 Å². The van der Waals surface area contributed by atoms with Crippen LogP contribution < -0.4 is 4.74 Å². The third kappa shape index (κ3) is 2.12. The molecule has 3 nitrogen and oxygen atoms in total. The number of rotatable bonds is 3. The lowest BCUT2D eigenvalue weighted by Gasteiger charge is -2.08. The number of aromatic amines is 1. The molecule has 2 rings (SSSR count). The van der Waals surface area contributed by atoms with Crippen molar-refractivity contribution in [3.05, 3.63) is 36.5 Å². The molecule has 0 bridgehead atoms. The molecule has 2 aromatic rings. The summed E-state index contributed by atoms with van der Waals surface area (Å²) in [4.78, 5) is 0. The zero-order chi connectivity index (χ0) is 10.7. The standard InChI is InChI=1S/C10H7F2N2O/c11-10(12)15-9-4-2-1-3-7(9)8-5-6-13-14-8/h1-5,10H,(H,13,14). The number of hydrogen-bond donors (Lipinski definition) is 1. The molecule has 1 aromatic carbocycles. The highest BCUT2D eigenvalue weighted by atomic mass is 19.3. The normalized spacial score (nSPS) is 10.6. The lowest BCUT2D eigenvalue weighted by molar-refractivity contribution is -0.0494. The number of H-pyrrole nitrogens is 1. The lowest BCUT2D eigenvalue weighted by Crippen LogP contribution is -2.03. The number of aromatic nitrogens is 2. The fourth-order valence-corrected chi connectivity index (χ4v) is 1.25. The highest BCUT2D eigenvalue weighted by Crippen LogP contribution is 2.28. The molecule has 77 valence electrons. The Bertz CT molecular complexity index is 429. The van der Waals surface area contributed by atoms with E-state index in [4.69, 9.17) is 0 Å². The molecule has 0 saturated carbocycles. The minimum absolute atomic E-state index is 0.116. The maximum atomic E-state index is 12.1. The van der Waals surface area contributed by atoms with Gasteiger partial charge >= 0.3 is 6.61 Å². The van der Waals surface area contributed by atoms with E-state index >= 15 is 0 Å². The Balaban J connectivity index is 2.38. The highest BCUT2D eigenvalue weighted by Gasteiger charge is 2.10. The third-order valence-corrected chi connectivity index (χ3v) is 1.84. The molecule has 1 radical (unpaired) electrons. The van der Waals surface area contributed by atoms with E-state index in [1.54, 1.807) is 24.3 Å². The fourth-order valence-electron chi connectivity index (χ4n) is 1.25. The number of nitrogens with zero attached hydrogens (tertiary/aromatic N) is 1. The van der Waals surface area contributed by atoms with E-state index in [0.29, 0.717) is 11.3 Å². The number of para-hydroxylation sites is 1. The second-order valence-corrected chi connectivity index (χ2v) is 2.79. The van der Waals surface area contributed by atoms with Crippen molar-refractivity contribution in [2.75, 3.05) is 0 Å². The number of nitrogens with one attached hydrogen (secondary N) is 1. The van der Waals surface area contributed by atoms with E-state index in [1.165, 1.54) is 6.07 Å². The van der Waals surface area contributed by atoms with Crippen molar-refractivity contribution < 1.29 is 13.5 Å². The molecular formula is C10H7F2N2O. The molecule has 0 amide bonds. The molecule has 0 spiro atoms. The van der Waals surface area contributed by atoms with Crippen molar-refractivity contribution in [2.45, 2.75) is 6.61 Å². The molecule has 1 heterocycles. The number of benzene rings is 1. The predicted octanol–water partition coefficient (Wildman–Crippen LogP) is 2.48. The smallest absolute Gasteiger partial charge is 0.387 e. The number of alkyl halides is 2. The Morgan fingerprint density at radius 2 is 2.13 bits per heavy atom. The molecule has 0 fully saturated rings. The van der Waals surface area contributed by atoms with Crippen LogP contribution in [0.4, 0.5) is 8.78 Å². The second-order valence-electron chi connectivity index (χ2n) is 2.79. The van der Waals surface area contributed by atoms with Gasteiger partial charge in [0.2, 0.25) is 0 Å². The minimum Gasteiger partial charge on any atom is -0.434 e. The van der Waals surface area contributed by atoms with Crippen LogP contribution in [0.3, 0.4) is 0 Å². The molecular weight excluding hydrogens is 202 g/mol. The van der Waals surface area contributed by atoms with Crippen molar-refractivity contribution in [3.8, 4) is 17.0 Å². The Hall–Kier alpha value is -1.91. The maximum absolute atomic E-state index is 12.1. The van der Waals surface area contributed by atoms with Crippen molar-refractivity contribution in [3.63, 3.8) is 0 Å². The fraction of sp³-hybridized carbons (Fsp3) is 0.100. The summed E-state index contributed by atoms with van der Waals surface area (Å²) in [7, 11) is 0. The summed E-state index contributed by atoms with van der Waals surface area (Å²) in [6.07, 6.45) is 2.56. The van der Waals surface area contributed by atoms with Gasteiger partial charge in [-0.1, -0.05) is 12.1 Å². The van der Waals surface area contributed by atoms with Gasteiger partial charge in [0.05, 0.1) is 5.69 Å². The van der Waals surface area contributed by atoms with Gasteiger partial charge in [0, 0.05) is 5.56 Å². The van der Waals surface area contributed by atoms with E-state index in [-0.39, 0.29) is 5.75 Å².